The van der Waals surface area contributed by atoms with Gasteiger partial charge in [0.25, 0.3) is 0 Å². The average Bonchev–Trinajstić information content (AvgIpc) is 3.22. The van der Waals surface area contributed by atoms with Crippen molar-refractivity contribution >= 4 is 23.7 Å². The smallest absolute Gasteiger partial charge is 0.346 e. The zero-order chi connectivity index (χ0) is 21.3. The first-order valence-corrected chi connectivity index (χ1v) is 8.82. The van der Waals surface area contributed by atoms with E-state index in [1.165, 1.54) is 12.5 Å². The van der Waals surface area contributed by atoms with Crippen molar-refractivity contribution < 1.29 is 20.1 Å². The van der Waals surface area contributed by atoms with Gasteiger partial charge in [0, 0.05) is 11.8 Å². The van der Waals surface area contributed by atoms with Crippen molar-refractivity contribution in [3.05, 3.63) is 22.2 Å². The van der Waals surface area contributed by atoms with Gasteiger partial charge in [0.2, 0.25) is 0 Å². The maximum Gasteiger partial charge on any atom is 0.346 e. The number of H-pyrrole nitrogens is 1. The van der Waals surface area contributed by atoms with Crippen LogP contribution in [0.4, 0.5) is 5.82 Å². The Morgan fingerprint density at radius 3 is 2.72 bits per heavy atom. The van der Waals surface area contributed by atoms with Crippen molar-refractivity contribution in [2.45, 2.75) is 44.1 Å². The number of nitrogens with two attached hydrogens (primary N) is 2. The summed E-state index contributed by atoms with van der Waals surface area (Å²) < 4.78 is 5.47. The predicted octanol–water partition coefficient (Wildman–Crippen LogP) is -3.08. The highest BCUT2D eigenvalue weighted by atomic mass is 16.6. The Morgan fingerprint density at radius 1 is 1.41 bits per heavy atom. The van der Waals surface area contributed by atoms with Crippen LogP contribution in [0.3, 0.4) is 0 Å². The summed E-state index contributed by atoms with van der Waals surface area (Å²) in [5.74, 6) is 0.856. The highest BCUT2D eigenvalue weighted by Crippen LogP contribution is 2.28. The standard InChI is InChI=1S/C11H17N5O4.C5H7N3O/c1-11(12)8-9(13-3-15-11)16(4-14-8)10-7(19)6(18)5(2-17)20-10;1-3-2-7-5(9)8-4(3)6/h3,5-7,10,17-19H,2,4,12H2,1H3;2H,1H3,(H3,6,7,8,9)/t5-,6-,7-,10-,11?;/m1./s1. The van der Waals surface area contributed by atoms with E-state index in [0.29, 0.717) is 17.4 Å². The van der Waals surface area contributed by atoms with Gasteiger partial charge in [-0.05, 0) is 13.8 Å². The quantitative estimate of drug-likeness (QED) is 0.292. The third-order valence-electron chi connectivity index (χ3n) is 4.72. The number of nitrogens with zero attached hydrogens (tertiary/aromatic N) is 5. The maximum atomic E-state index is 10.4. The van der Waals surface area contributed by atoms with E-state index in [2.05, 4.69) is 24.9 Å². The number of nitrogens with one attached hydrogen (secondary N) is 1. The number of aliphatic hydroxyl groups is 3. The molecule has 3 aliphatic heterocycles. The molecule has 0 radical (unpaired) electrons. The minimum absolute atomic E-state index is 0.205. The van der Waals surface area contributed by atoms with Gasteiger partial charge in [0.1, 0.15) is 42.8 Å². The summed E-state index contributed by atoms with van der Waals surface area (Å²) in [4.78, 5) is 30.3. The molecule has 13 heteroatoms. The number of fused-ring (bicyclic) bond motifs is 1. The predicted molar refractivity (Wildman–Crippen MR) is 104 cm³/mol. The lowest BCUT2D eigenvalue weighted by molar-refractivity contribution is -0.0688. The number of amidine groups is 1. The zero-order valence-corrected chi connectivity index (χ0v) is 15.9. The molecule has 0 aliphatic carbocycles. The van der Waals surface area contributed by atoms with E-state index in [-0.39, 0.29) is 13.3 Å². The second-order valence-corrected chi connectivity index (χ2v) is 6.98. The van der Waals surface area contributed by atoms with Crippen molar-refractivity contribution in [3.8, 4) is 0 Å². The summed E-state index contributed by atoms with van der Waals surface area (Å²) in [6.07, 6.45) is -1.20. The van der Waals surface area contributed by atoms with Gasteiger partial charge >= 0.3 is 5.69 Å². The summed E-state index contributed by atoms with van der Waals surface area (Å²) in [5.41, 5.74) is 11.3. The van der Waals surface area contributed by atoms with E-state index in [9.17, 15) is 15.0 Å². The number of nitrogen functional groups attached to an aromatic ring is 1. The molecule has 0 aromatic carbocycles. The number of rotatable bonds is 2. The summed E-state index contributed by atoms with van der Waals surface area (Å²) in [7, 11) is 0. The molecular formula is C16H24N8O5. The van der Waals surface area contributed by atoms with Gasteiger partial charge < -0.3 is 36.4 Å². The molecule has 29 heavy (non-hydrogen) atoms. The normalized spacial score (nSPS) is 33.0. The van der Waals surface area contributed by atoms with Crippen LogP contribution < -0.4 is 17.2 Å². The first kappa shape index (κ1) is 21.0. The third kappa shape index (κ3) is 4.04. The molecule has 5 atom stereocenters. The molecule has 4 heterocycles. The van der Waals surface area contributed by atoms with Crippen molar-refractivity contribution in [1.82, 2.24) is 14.9 Å². The van der Waals surface area contributed by atoms with E-state index in [1.807, 2.05) is 0 Å². The van der Waals surface area contributed by atoms with Gasteiger partial charge in [0.15, 0.2) is 17.7 Å². The molecule has 1 aromatic rings. The molecular weight excluding hydrogens is 384 g/mol. The van der Waals surface area contributed by atoms with E-state index < -0.39 is 35.9 Å². The van der Waals surface area contributed by atoms with Crippen LogP contribution in [0.15, 0.2) is 26.0 Å². The average molecular weight is 408 g/mol. The van der Waals surface area contributed by atoms with Gasteiger partial charge in [-0.1, -0.05) is 0 Å². The Kier molecular flexibility index (Phi) is 5.77. The fourth-order valence-corrected chi connectivity index (χ4v) is 3.02. The van der Waals surface area contributed by atoms with Crippen LogP contribution in [0.5, 0.6) is 0 Å². The molecule has 1 saturated heterocycles. The van der Waals surface area contributed by atoms with Crippen LogP contribution in [0.1, 0.15) is 12.5 Å². The largest absolute Gasteiger partial charge is 0.394 e. The number of aromatic nitrogens is 2. The summed E-state index contributed by atoms with van der Waals surface area (Å²) in [6.45, 7) is 3.31. The molecule has 158 valence electrons. The number of hydrogen-bond donors (Lipinski definition) is 6. The fourth-order valence-electron chi connectivity index (χ4n) is 3.02. The molecule has 8 N–H and O–H groups in total. The lowest BCUT2D eigenvalue weighted by Gasteiger charge is -2.30. The first-order valence-electron chi connectivity index (χ1n) is 8.82. The van der Waals surface area contributed by atoms with Crippen molar-refractivity contribution in [2.24, 2.45) is 20.7 Å². The number of hydrogen-bond acceptors (Lipinski definition) is 12. The van der Waals surface area contributed by atoms with Crippen molar-refractivity contribution in [1.29, 1.82) is 0 Å². The summed E-state index contributed by atoms with van der Waals surface area (Å²) >= 11 is 0. The molecule has 1 unspecified atom stereocenters. The monoisotopic (exact) mass is 408 g/mol. The molecule has 1 aromatic heterocycles. The Morgan fingerprint density at radius 2 is 2.14 bits per heavy atom. The molecule has 3 aliphatic rings. The second-order valence-electron chi connectivity index (χ2n) is 6.98. The van der Waals surface area contributed by atoms with Crippen LogP contribution in [0, 0.1) is 6.92 Å². The number of aliphatic hydroxyl groups excluding tert-OH is 3. The summed E-state index contributed by atoms with van der Waals surface area (Å²) in [5, 5.41) is 29.0. The number of aliphatic imine (C=N–C) groups is 3. The Labute approximate surface area is 165 Å². The van der Waals surface area contributed by atoms with Crippen molar-refractivity contribution in [2.75, 3.05) is 19.0 Å². The first-order chi connectivity index (χ1) is 13.7. The van der Waals surface area contributed by atoms with Gasteiger partial charge in [-0.15, -0.1) is 0 Å². The summed E-state index contributed by atoms with van der Waals surface area (Å²) in [6, 6.07) is 0. The number of aryl methyl sites for hydroxylation is 1. The van der Waals surface area contributed by atoms with E-state index in [4.69, 9.17) is 21.3 Å². The molecule has 0 bridgehead atoms. The van der Waals surface area contributed by atoms with E-state index in [0.717, 1.165) is 5.56 Å². The highest BCUT2D eigenvalue weighted by molar-refractivity contribution is 6.47. The van der Waals surface area contributed by atoms with Gasteiger partial charge in [-0.25, -0.2) is 19.8 Å². The molecule has 0 amide bonds. The Bertz CT molecular complexity index is 911. The maximum absolute atomic E-state index is 10.4. The van der Waals surface area contributed by atoms with Crippen LogP contribution in [-0.2, 0) is 4.74 Å². The van der Waals surface area contributed by atoms with Crippen LogP contribution >= 0.6 is 0 Å². The van der Waals surface area contributed by atoms with Crippen LogP contribution in [0.25, 0.3) is 0 Å². The minimum atomic E-state index is -1.16. The number of ether oxygens (including phenoxy) is 1. The zero-order valence-electron chi connectivity index (χ0n) is 15.9. The van der Waals surface area contributed by atoms with Crippen LogP contribution in [-0.4, -0.2) is 91.6 Å². The SMILES string of the molecule is CC1(N)N=CN=C2C1=NCN2[C@@H]1O[C@H](CO)[C@@H](O)[C@H]1O.Cc1cnc(=O)[nH]c1N. The molecule has 1 fully saturated rings. The molecule has 0 spiro atoms. The lowest BCUT2D eigenvalue weighted by Crippen LogP contribution is -2.54. The fraction of sp³-hybridized carbons (Fsp3) is 0.562. The van der Waals surface area contributed by atoms with Crippen LogP contribution in [0.2, 0.25) is 0 Å². The second kappa shape index (κ2) is 7.96. The highest BCUT2D eigenvalue weighted by Gasteiger charge is 2.49. The van der Waals surface area contributed by atoms with E-state index >= 15 is 0 Å². The Balaban J connectivity index is 0.000000224. The Hall–Kier alpha value is -2.71. The number of aromatic amines is 1. The van der Waals surface area contributed by atoms with Gasteiger partial charge in [0.05, 0.1) is 6.61 Å². The lowest BCUT2D eigenvalue weighted by atomic mass is 10.1. The molecule has 0 saturated carbocycles. The van der Waals surface area contributed by atoms with Gasteiger partial charge in [-0.3, -0.25) is 9.98 Å². The minimum Gasteiger partial charge on any atom is -0.394 e. The van der Waals surface area contributed by atoms with Crippen molar-refractivity contribution in [3.63, 3.8) is 0 Å². The van der Waals surface area contributed by atoms with Gasteiger partial charge in [-0.2, -0.15) is 0 Å². The van der Waals surface area contributed by atoms with E-state index in [1.54, 1.807) is 18.7 Å². The molecule has 4 rings (SSSR count). The topological polar surface area (TPSA) is 208 Å². The third-order valence-corrected chi connectivity index (χ3v) is 4.72. The number of anilines is 1. The molecule has 13 nitrogen and oxygen atoms in total.